The van der Waals surface area contributed by atoms with Crippen LogP contribution in [0.2, 0.25) is 0 Å². The third-order valence-electron chi connectivity index (χ3n) is 6.22. The summed E-state index contributed by atoms with van der Waals surface area (Å²) in [4.78, 5) is 25.1. The fourth-order valence-electron chi connectivity index (χ4n) is 4.19. The first-order chi connectivity index (χ1) is 17.3. The molecule has 36 heavy (non-hydrogen) atoms. The Morgan fingerprint density at radius 2 is 1.69 bits per heavy atom. The highest BCUT2D eigenvalue weighted by atomic mass is 16.6. The molecule has 1 unspecified atom stereocenters. The number of likely N-dealkylation sites (N-methyl/N-ethyl adjacent to an activating group) is 1. The molecule has 0 spiro atoms. The SMILES string of the molecule is CC(Cc1cc(-c2ccc3ccccc3c2)c(OCCN(C)c2ccccc2)c([N+](=O)[O-])c1)C(=O)O. The van der Waals surface area contributed by atoms with Gasteiger partial charge >= 0.3 is 11.7 Å². The number of benzene rings is 4. The highest BCUT2D eigenvalue weighted by Gasteiger charge is 2.24. The lowest BCUT2D eigenvalue weighted by Crippen LogP contribution is -2.24. The fourth-order valence-corrected chi connectivity index (χ4v) is 4.19. The monoisotopic (exact) mass is 484 g/mol. The number of carboxylic acid groups (broad SMARTS) is 1. The van der Waals surface area contributed by atoms with Gasteiger partial charge in [0, 0.05) is 24.4 Å². The van der Waals surface area contributed by atoms with Gasteiger partial charge in [-0.25, -0.2) is 0 Å². The molecule has 0 heterocycles. The first kappa shape index (κ1) is 24.7. The molecule has 0 bridgehead atoms. The number of fused-ring (bicyclic) bond motifs is 1. The molecular weight excluding hydrogens is 456 g/mol. The van der Waals surface area contributed by atoms with E-state index in [1.54, 1.807) is 6.92 Å². The van der Waals surface area contributed by atoms with Crippen LogP contribution in [-0.2, 0) is 11.2 Å². The van der Waals surface area contributed by atoms with Gasteiger partial charge in [0.1, 0.15) is 6.61 Å². The van der Waals surface area contributed by atoms with Gasteiger partial charge in [0.05, 0.1) is 17.4 Å². The number of para-hydroxylation sites is 1. The lowest BCUT2D eigenvalue weighted by atomic mass is 9.94. The van der Waals surface area contributed by atoms with Gasteiger partial charge < -0.3 is 14.7 Å². The fraction of sp³-hybridized carbons (Fsp3) is 0.207. The van der Waals surface area contributed by atoms with E-state index in [1.807, 2.05) is 90.8 Å². The van der Waals surface area contributed by atoms with Crippen LogP contribution < -0.4 is 9.64 Å². The quantitative estimate of drug-likeness (QED) is 0.213. The van der Waals surface area contributed by atoms with Crippen molar-refractivity contribution in [3.05, 3.63) is 101 Å². The topological polar surface area (TPSA) is 92.9 Å². The average molecular weight is 485 g/mol. The van der Waals surface area contributed by atoms with E-state index in [9.17, 15) is 20.0 Å². The van der Waals surface area contributed by atoms with Crippen LogP contribution >= 0.6 is 0 Å². The van der Waals surface area contributed by atoms with Gasteiger partial charge in [-0.15, -0.1) is 0 Å². The van der Waals surface area contributed by atoms with Crippen molar-refractivity contribution in [2.24, 2.45) is 5.92 Å². The van der Waals surface area contributed by atoms with Crippen LogP contribution in [0.4, 0.5) is 11.4 Å². The van der Waals surface area contributed by atoms with Gasteiger partial charge in [-0.1, -0.05) is 61.5 Å². The van der Waals surface area contributed by atoms with E-state index in [0.29, 0.717) is 17.7 Å². The molecule has 0 aliphatic heterocycles. The molecule has 0 aliphatic rings. The first-order valence-corrected chi connectivity index (χ1v) is 11.8. The Kier molecular flexibility index (Phi) is 7.49. The summed E-state index contributed by atoms with van der Waals surface area (Å²) >= 11 is 0. The molecule has 0 radical (unpaired) electrons. The standard InChI is InChI=1S/C29H28N2O5/c1-20(29(32)33)16-21-17-26(24-13-12-22-8-6-7-9-23(22)19-24)28(27(18-21)31(34)35)36-15-14-30(2)25-10-4-3-5-11-25/h3-13,17-20H,14-16H2,1-2H3,(H,32,33). The first-order valence-electron chi connectivity index (χ1n) is 11.8. The van der Waals surface area contributed by atoms with Crippen LogP contribution in [0.3, 0.4) is 0 Å². The van der Waals surface area contributed by atoms with Crippen LogP contribution in [0.5, 0.6) is 5.75 Å². The Hall–Kier alpha value is -4.39. The van der Waals surface area contributed by atoms with Crippen molar-refractivity contribution in [1.82, 2.24) is 0 Å². The molecule has 0 amide bonds. The van der Waals surface area contributed by atoms with Crippen LogP contribution in [0.25, 0.3) is 21.9 Å². The molecule has 4 aromatic rings. The van der Waals surface area contributed by atoms with E-state index < -0.39 is 16.8 Å². The van der Waals surface area contributed by atoms with E-state index in [-0.39, 0.29) is 24.5 Å². The van der Waals surface area contributed by atoms with Crippen molar-refractivity contribution in [2.75, 3.05) is 25.1 Å². The maximum absolute atomic E-state index is 12.1. The summed E-state index contributed by atoms with van der Waals surface area (Å²) in [6, 6.07) is 26.8. The maximum atomic E-state index is 12.1. The van der Waals surface area contributed by atoms with Crippen LogP contribution in [0.1, 0.15) is 12.5 Å². The molecule has 0 saturated carbocycles. The number of nitro benzene ring substituents is 1. The van der Waals surface area contributed by atoms with Crippen molar-refractivity contribution in [3.63, 3.8) is 0 Å². The van der Waals surface area contributed by atoms with E-state index in [1.165, 1.54) is 6.07 Å². The van der Waals surface area contributed by atoms with E-state index in [0.717, 1.165) is 22.0 Å². The molecule has 7 heteroatoms. The Morgan fingerprint density at radius 1 is 1.00 bits per heavy atom. The van der Waals surface area contributed by atoms with Crippen LogP contribution in [0, 0.1) is 16.0 Å². The minimum Gasteiger partial charge on any atom is -0.484 e. The van der Waals surface area contributed by atoms with Crippen molar-refractivity contribution in [2.45, 2.75) is 13.3 Å². The zero-order valence-corrected chi connectivity index (χ0v) is 20.3. The summed E-state index contributed by atoms with van der Waals surface area (Å²) < 4.78 is 6.10. The second-order valence-corrected chi connectivity index (χ2v) is 8.86. The number of nitro groups is 1. The summed E-state index contributed by atoms with van der Waals surface area (Å²) in [7, 11) is 1.94. The zero-order valence-electron chi connectivity index (χ0n) is 20.3. The van der Waals surface area contributed by atoms with E-state index >= 15 is 0 Å². The van der Waals surface area contributed by atoms with Crippen molar-refractivity contribution in [3.8, 4) is 16.9 Å². The number of aliphatic carboxylic acids is 1. The molecule has 4 rings (SSSR count). The van der Waals surface area contributed by atoms with Gasteiger partial charge in [-0.2, -0.15) is 0 Å². The molecular formula is C29H28N2O5. The molecule has 1 N–H and O–H groups in total. The second kappa shape index (κ2) is 10.9. The number of anilines is 1. The zero-order chi connectivity index (χ0) is 25.7. The maximum Gasteiger partial charge on any atom is 0.311 e. The smallest absolute Gasteiger partial charge is 0.311 e. The van der Waals surface area contributed by atoms with Crippen molar-refractivity contribution >= 4 is 28.1 Å². The third-order valence-corrected chi connectivity index (χ3v) is 6.22. The van der Waals surface area contributed by atoms with E-state index in [4.69, 9.17) is 4.74 Å². The number of hydrogen-bond donors (Lipinski definition) is 1. The van der Waals surface area contributed by atoms with Gasteiger partial charge in [0.2, 0.25) is 5.75 Å². The molecule has 0 aromatic heterocycles. The van der Waals surface area contributed by atoms with Gasteiger partial charge in [0.25, 0.3) is 0 Å². The van der Waals surface area contributed by atoms with Gasteiger partial charge in [-0.05, 0) is 52.6 Å². The second-order valence-electron chi connectivity index (χ2n) is 8.86. The average Bonchev–Trinajstić information content (AvgIpc) is 2.89. The number of nitrogens with zero attached hydrogens (tertiary/aromatic N) is 2. The minimum absolute atomic E-state index is 0.171. The Balaban J connectivity index is 1.73. The van der Waals surface area contributed by atoms with E-state index in [2.05, 4.69) is 0 Å². The molecule has 0 fully saturated rings. The number of carbonyl (C=O) groups is 1. The largest absolute Gasteiger partial charge is 0.484 e. The summed E-state index contributed by atoms with van der Waals surface area (Å²) in [6.45, 7) is 2.35. The lowest BCUT2D eigenvalue weighted by molar-refractivity contribution is -0.385. The number of rotatable bonds is 10. The van der Waals surface area contributed by atoms with Crippen LogP contribution in [0.15, 0.2) is 84.9 Å². The normalized spacial score (nSPS) is 11.7. The van der Waals surface area contributed by atoms with Crippen molar-refractivity contribution < 1.29 is 19.6 Å². The molecule has 1 atom stereocenters. The Labute approximate surface area is 209 Å². The molecule has 7 nitrogen and oxygen atoms in total. The molecule has 0 saturated heterocycles. The van der Waals surface area contributed by atoms with Crippen molar-refractivity contribution in [1.29, 1.82) is 0 Å². The number of ether oxygens (including phenoxy) is 1. The highest BCUT2D eigenvalue weighted by molar-refractivity contribution is 5.89. The summed E-state index contributed by atoms with van der Waals surface area (Å²) in [5, 5.41) is 23.5. The van der Waals surface area contributed by atoms with Crippen LogP contribution in [-0.4, -0.2) is 36.2 Å². The highest BCUT2D eigenvalue weighted by Crippen LogP contribution is 2.40. The number of carboxylic acids is 1. The third kappa shape index (κ3) is 5.63. The Bertz CT molecular complexity index is 1390. The molecule has 4 aromatic carbocycles. The summed E-state index contributed by atoms with van der Waals surface area (Å²) in [5.41, 5.74) is 2.77. The summed E-state index contributed by atoms with van der Waals surface area (Å²) in [6.07, 6.45) is 0.174. The summed E-state index contributed by atoms with van der Waals surface area (Å²) in [5.74, 6) is -1.45. The predicted molar refractivity (Wildman–Crippen MR) is 142 cm³/mol. The van der Waals surface area contributed by atoms with Gasteiger partial charge in [-0.3, -0.25) is 14.9 Å². The minimum atomic E-state index is -0.950. The molecule has 184 valence electrons. The lowest BCUT2D eigenvalue weighted by Gasteiger charge is -2.20. The predicted octanol–water partition coefficient (Wildman–Crippen LogP) is 6.19. The molecule has 0 aliphatic carbocycles. The Morgan fingerprint density at radius 3 is 2.39 bits per heavy atom. The van der Waals surface area contributed by atoms with Gasteiger partial charge in [0.15, 0.2) is 0 Å². The number of hydrogen-bond acceptors (Lipinski definition) is 5.